The summed E-state index contributed by atoms with van der Waals surface area (Å²) < 4.78 is 15.9. The lowest BCUT2D eigenvalue weighted by Crippen LogP contribution is -2.21. The Kier molecular flexibility index (Phi) is 7.18. The van der Waals surface area contributed by atoms with Crippen LogP contribution in [0.4, 0.5) is 5.69 Å². The van der Waals surface area contributed by atoms with Crippen LogP contribution in [0.15, 0.2) is 42.5 Å². The van der Waals surface area contributed by atoms with Crippen LogP contribution in [0.2, 0.25) is 10.0 Å². The van der Waals surface area contributed by atoms with Crippen molar-refractivity contribution in [2.75, 3.05) is 32.2 Å². The van der Waals surface area contributed by atoms with Gasteiger partial charge in [0, 0.05) is 12.1 Å². The number of rotatable bonds is 8. The molecule has 2 aromatic carbocycles. The Morgan fingerprint density at radius 1 is 1.04 bits per heavy atom. The van der Waals surface area contributed by atoms with E-state index in [0.29, 0.717) is 40.4 Å². The lowest BCUT2D eigenvalue weighted by molar-refractivity contribution is -0.118. The highest BCUT2D eigenvalue weighted by Gasteiger charge is 2.12. The van der Waals surface area contributed by atoms with Crippen molar-refractivity contribution >= 4 is 34.8 Å². The van der Waals surface area contributed by atoms with Crippen LogP contribution in [-0.4, -0.2) is 32.8 Å². The molecule has 0 fully saturated rings. The summed E-state index contributed by atoms with van der Waals surface area (Å²) >= 11 is 11.9. The Bertz CT molecular complexity index is 677. The van der Waals surface area contributed by atoms with E-state index < -0.39 is 0 Å². The first-order valence-electron chi connectivity index (χ1n) is 7.18. The quantitative estimate of drug-likeness (QED) is 0.713. The van der Waals surface area contributed by atoms with Crippen LogP contribution in [0.25, 0.3) is 0 Å². The average Bonchev–Trinajstić information content (AvgIpc) is 2.57. The second kappa shape index (κ2) is 9.37. The van der Waals surface area contributed by atoms with E-state index in [1.54, 1.807) is 49.6 Å². The second-order valence-corrected chi connectivity index (χ2v) is 5.59. The zero-order chi connectivity index (χ0) is 17.4. The third kappa shape index (κ3) is 5.60. The molecule has 1 amide bonds. The lowest BCUT2D eigenvalue weighted by atomic mass is 10.3. The number of carbonyl (C=O) groups is 1. The summed E-state index contributed by atoms with van der Waals surface area (Å²) in [4.78, 5) is 12.1. The van der Waals surface area contributed by atoms with Gasteiger partial charge in [-0.15, -0.1) is 0 Å². The molecule has 0 atom stereocenters. The highest BCUT2D eigenvalue weighted by molar-refractivity contribution is 6.32. The van der Waals surface area contributed by atoms with Crippen molar-refractivity contribution in [3.63, 3.8) is 0 Å². The first-order chi connectivity index (χ1) is 11.6. The molecule has 7 heteroatoms. The van der Waals surface area contributed by atoms with Crippen LogP contribution in [0, 0.1) is 0 Å². The van der Waals surface area contributed by atoms with Gasteiger partial charge in [-0.3, -0.25) is 4.79 Å². The Hall–Kier alpha value is -1.95. The zero-order valence-electron chi connectivity index (χ0n) is 13.1. The molecule has 0 bridgehead atoms. The maximum atomic E-state index is 12.1. The van der Waals surface area contributed by atoms with Crippen LogP contribution in [0.5, 0.6) is 11.5 Å². The molecule has 5 nitrogen and oxygen atoms in total. The van der Waals surface area contributed by atoms with Crippen molar-refractivity contribution in [1.29, 1.82) is 0 Å². The van der Waals surface area contributed by atoms with Crippen LogP contribution >= 0.6 is 23.2 Å². The van der Waals surface area contributed by atoms with Gasteiger partial charge in [-0.1, -0.05) is 29.3 Å². The van der Waals surface area contributed by atoms with E-state index in [1.165, 1.54) is 0 Å². The van der Waals surface area contributed by atoms with Crippen molar-refractivity contribution in [2.45, 2.75) is 0 Å². The van der Waals surface area contributed by atoms with Crippen molar-refractivity contribution in [2.24, 2.45) is 0 Å². The van der Waals surface area contributed by atoms with Crippen LogP contribution in [0.1, 0.15) is 0 Å². The minimum atomic E-state index is -0.330. The van der Waals surface area contributed by atoms with Gasteiger partial charge in [0.1, 0.15) is 12.4 Å². The Labute approximate surface area is 150 Å². The normalized spacial score (nSPS) is 10.3. The van der Waals surface area contributed by atoms with Crippen molar-refractivity contribution in [1.82, 2.24) is 0 Å². The number of nitrogens with one attached hydrogen (secondary N) is 1. The van der Waals surface area contributed by atoms with Crippen LogP contribution < -0.4 is 14.8 Å². The molecule has 0 aromatic heterocycles. The first-order valence-corrected chi connectivity index (χ1v) is 7.94. The molecular formula is C17H17Cl2NO4. The number of halogens is 2. The first kappa shape index (κ1) is 18.4. The Morgan fingerprint density at radius 2 is 1.79 bits per heavy atom. The molecule has 0 unspecified atom stereocenters. The fourth-order valence-corrected chi connectivity index (χ4v) is 2.20. The molecule has 0 radical (unpaired) electrons. The third-order valence-electron chi connectivity index (χ3n) is 2.96. The van der Waals surface area contributed by atoms with Crippen molar-refractivity contribution in [3.05, 3.63) is 52.5 Å². The predicted molar refractivity (Wildman–Crippen MR) is 94.4 cm³/mol. The van der Waals surface area contributed by atoms with Gasteiger partial charge < -0.3 is 19.5 Å². The van der Waals surface area contributed by atoms with Gasteiger partial charge >= 0.3 is 0 Å². The summed E-state index contributed by atoms with van der Waals surface area (Å²) in [5.41, 5.74) is 0.475. The smallest absolute Gasteiger partial charge is 0.262 e. The van der Waals surface area contributed by atoms with E-state index in [4.69, 9.17) is 37.4 Å². The molecule has 1 N–H and O–H groups in total. The highest BCUT2D eigenvalue weighted by atomic mass is 35.5. The minimum absolute atomic E-state index is 0.147. The van der Waals surface area contributed by atoms with Gasteiger partial charge in [0.25, 0.3) is 5.91 Å². The molecule has 0 saturated heterocycles. The number of hydrogen-bond donors (Lipinski definition) is 1. The largest absolute Gasteiger partial charge is 0.487 e. The Morgan fingerprint density at radius 3 is 2.50 bits per heavy atom. The van der Waals surface area contributed by atoms with Gasteiger partial charge in [0.15, 0.2) is 12.4 Å². The van der Waals surface area contributed by atoms with E-state index in [1.807, 2.05) is 0 Å². The number of anilines is 1. The van der Waals surface area contributed by atoms with Gasteiger partial charge in [0.05, 0.1) is 17.3 Å². The highest BCUT2D eigenvalue weighted by Crippen LogP contribution is 2.32. The average molecular weight is 370 g/mol. The summed E-state index contributed by atoms with van der Waals surface area (Å²) in [7, 11) is 1.58. The molecule has 24 heavy (non-hydrogen) atoms. The van der Waals surface area contributed by atoms with Gasteiger partial charge in [-0.25, -0.2) is 0 Å². The fraction of sp³-hybridized carbons (Fsp3) is 0.235. The van der Waals surface area contributed by atoms with E-state index in [0.717, 1.165) is 0 Å². The molecule has 0 spiro atoms. The van der Waals surface area contributed by atoms with Gasteiger partial charge in [-0.2, -0.15) is 0 Å². The summed E-state index contributed by atoms with van der Waals surface area (Å²) in [6.07, 6.45) is 0. The number of ether oxygens (including phenoxy) is 3. The van der Waals surface area contributed by atoms with Crippen LogP contribution in [0.3, 0.4) is 0 Å². The fourth-order valence-electron chi connectivity index (χ4n) is 1.85. The maximum Gasteiger partial charge on any atom is 0.262 e. The molecule has 2 aromatic rings. The topological polar surface area (TPSA) is 56.8 Å². The Balaban J connectivity index is 1.95. The van der Waals surface area contributed by atoms with E-state index in [9.17, 15) is 4.79 Å². The molecule has 0 aliphatic heterocycles. The molecule has 0 saturated carbocycles. The summed E-state index contributed by atoms with van der Waals surface area (Å²) in [5.74, 6) is 0.622. The van der Waals surface area contributed by atoms with E-state index in [-0.39, 0.29) is 12.5 Å². The molecule has 0 aliphatic carbocycles. The van der Waals surface area contributed by atoms with Crippen molar-refractivity contribution < 1.29 is 19.0 Å². The summed E-state index contributed by atoms with van der Waals surface area (Å²) in [5, 5.41) is 3.73. The molecule has 0 aliphatic rings. The molecule has 128 valence electrons. The van der Waals surface area contributed by atoms with Gasteiger partial charge in [-0.05, 0) is 36.4 Å². The number of para-hydroxylation sites is 1. The standard InChI is InChI=1S/C17H17Cl2NO4/c1-22-9-10-23-17-14(19)3-2-4-15(17)20-16(21)11-24-13-7-5-12(18)6-8-13/h2-8H,9-11H2,1H3,(H,20,21). The second-order valence-electron chi connectivity index (χ2n) is 4.75. The number of carbonyl (C=O) groups excluding carboxylic acids is 1. The minimum Gasteiger partial charge on any atom is -0.487 e. The molecule has 0 heterocycles. The van der Waals surface area contributed by atoms with E-state index >= 15 is 0 Å². The number of methoxy groups -OCH3 is 1. The SMILES string of the molecule is COCCOc1c(Cl)cccc1NC(=O)COc1ccc(Cl)cc1. The van der Waals surface area contributed by atoms with E-state index in [2.05, 4.69) is 5.32 Å². The lowest BCUT2D eigenvalue weighted by Gasteiger charge is -2.14. The summed E-state index contributed by atoms with van der Waals surface area (Å²) in [6.45, 7) is 0.592. The third-order valence-corrected chi connectivity index (χ3v) is 3.51. The van der Waals surface area contributed by atoms with Gasteiger partial charge in [0.2, 0.25) is 0 Å². The predicted octanol–water partition coefficient (Wildman–Crippen LogP) is 4.04. The maximum absolute atomic E-state index is 12.1. The number of benzene rings is 2. The monoisotopic (exact) mass is 369 g/mol. The van der Waals surface area contributed by atoms with Crippen molar-refractivity contribution in [3.8, 4) is 11.5 Å². The zero-order valence-corrected chi connectivity index (χ0v) is 14.6. The number of amides is 1. The summed E-state index contributed by atoms with van der Waals surface area (Å²) in [6, 6.07) is 11.9. The van der Waals surface area contributed by atoms with Crippen LogP contribution in [-0.2, 0) is 9.53 Å². The molecule has 2 rings (SSSR count). The molecular weight excluding hydrogens is 353 g/mol. The number of hydrogen-bond acceptors (Lipinski definition) is 4.